The molecule has 1 N–H and O–H groups in total. The molecule has 19 heavy (non-hydrogen) atoms. The van der Waals surface area contributed by atoms with E-state index in [2.05, 4.69) is 29.3 Å². The lowest BCUT2D eigenvalue weighted by atomic mass is 10.2. The molecule has 4 heteroatoms. The summed E-state index contributed by atoms with van der Waals surface area (Å²) >= 11 is 1.69. The van der Waals surface area contributed by atoms with Crippen molar-refractivity contribution in [2.24, 2.45) is 0 Å². The molecule has 1 heterocycles. The van der Waals surface area contributed by atoms with Gasteiger partial charge in [-0.05, 0) is 13.0 Å². The normalized spacial score (nSPS) is 11.1. The molecular formula is C15H20N2OS. The predicted molar refractivity (Wildman–Crippen MR) is 80.2 cm³/mol. The Morgan fingerprint density at radius 2 is 2.05 bits per heavy atom. The molecule has 1 aromatic carbocycles. The summed E-state index contributed by atoms with van der Waals surface area (Å²) < 4.78 is 0. The first kappa shape index (κ1) is 14.2. The van der Waals surface area contributed by atoms with E-state index in [9.17, 15) is 0 Å². The summed E-state index contributed by atoms with van der Waals surface area (Å²) in [5, 5.41) is 12.1. The van der Waals surface area contributed by atoms with Gasteiger partial charge in [0.1, 0.15) is 5.01 Å². The first-order valence-electron chi connectivity index (χ1n) is 6.66. The Kier molecular flexibility index (Phi) is 5.51. The second-order valence-electron chi connectivity index (χ2n) is 4.46. The monoisotopic (exact) mass is 276 g/mol. The topological polar surface area (TPSA) is 36.4 Å². The van der Waals surface area contributed by atoms with Crippen LogP contribution in [0.5, 0.6) is 0 Å². The molecule has 0 unspecified atom stereocenters. The average molecular weight is 276 g/mol. The molecule has 0 fully saturated rings. The number of aliphatic hydroxyl groups is 1. The van der Waals surface area contributed by atoms with E-state index in [0.29, 0.717) is 0 Å². The third kappa shape index (κ3) is 4.13. The highest BCUT2D eigenvalue weighted by molar-refractivity contribution is 7.13. The van der Waals surface area contributed by atoms with Gasteiger partial charge in [-0.2, -0.15) is 0 Å². The van der Waals surface area contributed by atoms with E-state index in [4.69, 9.17) is 10.1 Å². The summed E-state index contributed by atoms with van der Waals surface area (Å²) in [7, 11) is 0. The van der Waals surface area contributed by atoms with E-state index >= 15 is 0 Å². The largest absolute Gasteiger partial charge is 0.396 e. The lowest BCUT2D eigenvalue weighted by Gasteiger charge is -2.18. The van der Waals surface area contributed by atoms with E-state index in [0.717, 1.165) is 36.8 Å². The molecule has 1 aromatic heterocycles. The highest BCUT2D eigenvalue weighted by Gasteiger charge is 2.08. The Labute approximate surface area is 118 Å². The molecule has 0 atom stereocenters. The van der Waals surface area contributed by atoms with Crippen LogP contribution in [0.1, 0.15) is 19.0 Å². The Morgan fingerprint density at radius 1 is 1.26 bits per heavy atom. The Hall–Kier alpha value is -1.23. The van der Waals surface area contributed by atoms with Gasteiger partial charge in [0.05, 0.1) is 5.69 Å². The molecule has 2 rings (SSSR count). The molecule has 3 nitrogen and oxygen atoms in total. The number of benzene rings is 1. The smallest absolute Gasteiger partial charge is 0.123 e. The lowest BCUT2D eigenvalue weighted by Crippen LogP contribution is -2.24. The summed E-state index contributed by atoms with van der Waals surface area (Å²) in [5.74, 6) is 0. The van der Waals surface area contributed by atoms with Gasteiger partial charge in [-0.1, -0.05) is 37.3 Å². The fourth-order valence-corrected chi connectivity index (χ4v) is 2.78. The quantitative estimate of drug-likeness (QED) is 0.844. The second-order valence-corrected chi connectivity index (χ2v) is 5.31. The van der Waals surface area contributed by atoms with Gasteiger partial charge in [0.2, 0.25) is 0 Å². The zero-order valence-electron chi connectivity index (χ0n) is 11.2. The number of nitrogens with zero attached hydrogens (tertiary/aromatic N) is 2. The van der Waals surface area contributed by atoms with Gasteiger partial charge in [-0.15, -0.1) is 11.3 Å². The number of hydrogen-bond donors (Lipinski definition) is 1. The average Bonchev–Trinajstić information content (AvgIpc) is 2.93. The molecule has 0 aliphatic rings. The standard InChI is InChI=1S/C15H20N2OS/c1-2-17(9-6-10-18)11-14-12-19-15(16-14)13-7-4-3-5-8-13/h3-5,7-8,12,18H,2,6,9-11H2,1H3. The van der Waals surface area contributed by atoms with E-state index in [-0.39, 0.29) is 6.61 Å². The molecule has 0 amide bonds. The van der Waals surface area contributed by atoms with Crippen LogP contribution in [0, 0.1) is 0 Å². The van der Waals surface area contributed by atoms with Crippen LogP contribution in [0.4, 0.5) is 0 Å². The molecule has 0 aliphatic carbocycles. The molecular weight excluding hydrogens is 256 g/mol. The van der Waals surface area contributed by atoms with Crippen LogP contribution in [0.2, 0.25) is 0 Å². The molecule has 0 aliphatic heterocycles. The third-order valence-electron chi connectivity index (χ3n) is 3.04. The maximum absolute atomic E-state index is 8.89. The van der Waals surface area contributed by atoms with Crippen LogP contribution in [0.25, 0.3) is 10.6 Å². The highest BCUT2D eigenvalue weighted by atomic mass is 32.1. The molecule has 102 valence electrons. The molecule has 0 spiro atoms. The number of rotatable bonds is 7. The van der Waals surface area contributed by atoms with Gasteiger partial charge in [-0.25, -0.2) is 4.98 Å². The summed E-state index contributed by atoms with van der Waals surface area (Å²) in [6, 6.07) is 10.3. The number of aliphatic hydroxyl groups excluding tert-OH is 1. The van der Waals surface area contributed by atoms with Gasteiger partial charge in [0.15, 0.2) is 0 Å². The summed E-state index contributed by atoms with van der Waals surface area (Å²) in [6.45, 7) is 5.16. The van der Waals surface area contributed by atoms with Crippen molar-refractivity contribution in [3.63, 3.8) is 0 Å². The van der Waals surface area contributed by atoms with Crippen molar-refractivity contribution in [2.75, 3.05) is 19.7 Å². The zero-order chi connectivity index (χ0) is 13.5. The fourth-order valence-electron chi connectivity index (χ4n) is 1.97. The minimum absolute atomic E-state index is 0.253. The molecule has 0 bridgehead atoms. The van der Waals surface area contributed by atoms with Gasteiger partial charge >= 0.3 is 0 Å². The molecule has 0 saturated heterocycles. The molecule has 0 saturated carbocycles. The van der Waals surface area contributed by atoms with Crippen molar-refractivity contribution in [3.05, 3.63) is 41.4 Å². The van der Waals surface area contributed by atoms with Gasteiger partial charge in [-0.3, -0.25) is 4.90 Å². The number of aromatic nitrogens is 1. The van der Waals surface area contributed by atoms with E-state index in [1.54, 1.807) is 11.3 Å². The lowest BCUT2D eigenvalue weighted by molar-refractivity contribution is 0.224. The molecule has 2 aromatic rings. The van der Waals surface area contributed by atoms with E-state index in [1.165, 1.54) is 5.56 Å². The predicted octanol–water partition coefficient (Wildman–Crippen LogP) is 3.01. The van der Waals surface area contributed by atoms with Gasteiger partial charge in [0.25, 0.3) is 0 Å². The minimum atomic E-state index is 0.253. The second kappa shape index (κ2) is 7.38. The van der Waals surface area contributed by atoms with Gasteiger partial charge in [0, 0.05) is 30.6 Å². The third-order valence-corrected chi connectivity index (χ3v) is 3.98. The SMILES string of the molecule is CCN(CCCO)Cc1csc(-c2ccccc2)n1. The zero-order valence-corrected chi connectivity index (χ0v) is 12.1. The Balaban J connectivity index is 2.01. The first-order valence-corrected chi connectivity index (χ1v) is 7.54. The van der Waals surface area contributed by atoms with Crippen LogP contribution in [0.3, 0.4) is 0 Å². The van der Waals surface area contributed by atoms with E-state index < -0.39 is 0 Å². The number of hydrogen-bond acceptors (Lipinski definition) is 4. The summed E-state index contributed by atoms with van der Waals surface area (Å²) in [4.78, 5) is 7.00. The van der Waals surface area contributed by atoms with Crippen LogP contribution in [-0.4, -0.2) is 34.7 Å². The van der Waals surface area contributed by atoms with Gasteiger partial charge < -0.3 is 5.11 Å². The van der Waals surface area contributed by atoms with Crippen molar-refractivity contribution < 1.29 is 5.11 Å². The Morgan fingerprint density at radius 3 is 2.74 bits per heavy atom. The van der Waals surface area contributed by atoms with Crippen molar-refractivity contribution in [1.82, 2.24) is 9.88 Å². The van der Waals surface area contributed by atoms with Crippen LogP contribution in [0.15, 0.2) is 35.7 Å². The van der Waals surface area contributed by atoms with Crippen LogP contribution in [-0.2, 0) is 6.54 Å². The minimum Gasteiger partial charge on any atom is -0.396 e. The number of thiazole rings is 1. The Bertz CT molecular complexity index is 484. The maximum atomic E-state index is 8.89. The van der Waals surface area contributed by atoms with Crippen molar-refractivity contribution in [1.29, 1.82) is 0 Å². The highest BCUT2D eigenvalue weighted by Crippen LogP contribution is 2.23. The summed E-state index contributed by atoms with van der Waals surface area (Å²) in [6.07, 6.45) is 0.823. The fraction of sp³-hybridized carbons (Fsp3) is 0.400. The van der Waals surface area contributed by atoms with Crippen LogP contribution < -0.4 is 0 Å². The van der Waals surface area contributed by atoms with E-state index in [1.807, 2.05) is 18.2 Å². The van der Waals surface area contributed by atoms with Crippen molar-refractivity contribution in [2.45, 2.75) is 19.9 Å². The molecule has 0 radical (unpaired) electrons. The van der Waals surface area contributed by atoms with Crippen molar-refractivity contribution in [3.8, 4) is 10.6 Å². The maximum Gasteiger partial charge on any atom is 0.123 e. The van der Waals surface area contributed by atoms with Crippen LogP contribution >= 0.6 is 11.3 Å². The first-order chi connectivity index (χ1) is 9.33. The summed E-state index contributed by atoms with van der Waals surface area (Å²) in [5.41, 5.74) is 2.29. The van der Waals surface area contributed by atoms with Crippen molar-refractivity contribution >= 4 is 11.3 Å².